The summed E-state index contributed by atoms with van der Waals surface area (Å²) in [5.41, 5.74) is 1.27. The largest absolute Gasteiger partial charge is 0.357 e. The van der Waals surface area contributed by atoms with Crippen molar-refractivity contribution >= 4 is 17.8 Å². The van der Waals surface area contributed by atoms with Crippen LogP contribution in [0.5, 0.6) is 0 Å². The molecule has 0 aromatic heterocycles. The molecule has 28 heavy (non-hydrogen) atoms. The third-order valence-electron chi connectivity index (χ3n) is 4.31. The van der Waals surface area contributed by atoms with E-state index >= 15 is 0 Å². The van der Waals surface area contributed by atoms with Crippen molar-refractivity contribution in [3.63, 3.8) is 0 Å². The third-order valence-corrected chi connectivity index (χ3v) is 4.31. The summed E-state index contributed by atoms with van der Waals surface area (Å²) in [6, 6.07) is 7.45. The fourth-order valence-corrected chi connectivity index (χ4v) is 2.97. The molecule has 1 aromatic rings. The predicted molar refractivity (Wildman–Crippen MR) is 112 cm³/mol. The average molecular weight is 388 g/mol. The summed E-state index contributed by atoms with van der Waals surface area (Å²) in [6.07, 6.45) is 2.16. The first kappa shape index (κ1) is 21.7. The van der Waals surface area contributed by atoms with Crippen LogP contribution in [0.15, 0.2) is 29.3 Å². The van der Waals surface area contributed by atoms with Crippen LogP contribution in [0, 0.1) is 0 Å². The lowest BCUT2D eigenvalue weighted by molar-refractivity contribution is -0.128. The number of hydrogen-bond acceptors (Lipinski definition) is 3. The lowest BCUT2D eigenvalue weighted by Gasteiger charge is -2.20. The summed E-state index contributed by atoms with van der Waals surface area (Å²) in [7, 11) is 0. The molecule has 1 heterocycles. The second-order valence-corrected chi connectivity index (χ2v) is 8.04. The van der Waals surface area contributed by atoms with E-state index in [1.54, 1.807) is 6.07 Å². The lowest BCUT2D eigenvalue weighted by Crippen LogP contribution is -2.44. The second-order valence-electron chi connectivity index (χ2n) is 8.04. The fourth-order valence-electron chi connectivity index (χ4n) is 2.97. The van der Waals surface area contributed by atoms with E-state index in [4.69, 9.17) is 0 Å². The second kappa shape index (κ2) is 10.1. The van der Waals surface area contributed by atoms with Gasteiger partial charge in [-0.1, -0.05) is 12.1 Å². The van der Waals surface area contributed by atoms with Gasteiger partial charge in [-0.05, 0) is 58.2 Å². The summed E-state index contributed by atoms with van der Waals surface area (Å²) < 4.78 is 0. The number of carbonyl (C=O) groups is 2. The van der Waals surface area contributed by atoms with Gasteiger partial charge in [0.25, 0.3) is 5.91 Å². The van der Waals surface area contributed by atoms with Gasteiger partial charge >= 0.3 is 0 Å². The number of nitrogens with zero attached hydrogens (tertiary/aromatic N) is 2. The highest BCUT2D eigenvalue weighted by molar-refractivity contribution is 5.94. The number of nitrogens with one attached hydrogen (secondary N) is 3. The minimum Gasteiger partial charge on any atom is -0.357 e. The minimum absolute atomic E-state index is 0.0976. The molecule has 1 aromatic carbocycles. The Bertz CT molecular complexity index is 703. The molecule has 0 bridgehead atoms. The molecule has 2 amide bonds. The molecule has 3 N–H and O–H groups in total. The molecule has 0 aliphatic carbocycles. The van der Waals surface area contributed by atoms with Crippen molar-refractivity contribution in [1.82, 2.24) is 20.9 Å². The summed E-state index contributed by atoms with van der Waals surface area (Å²) in [5.74, 6) is 0.600. The van der Waals surface area contributed by atoms with Crippen LogP contribution in [0.25, 0.3) is 0 Å². The number of aliphatic imine (C=N–C) groups is 1. The van der Waals surface area contributed by atoms with Gasteiger partial charge in [-0.15, -0.1) is 0 Å². The standard InChI is InChI=1S/C21H33N5O2/c1-5-22-20(24-15-18(27)26-11-6-7-12-26)23-14-16-9-8-10-17(13-16)19(28)25-21(2,3)4/h8-10,13H,5-7,11-12,14-15H2,1-4H3,(H,25,28)(H2,22,23,24). The molecule has 7 nitrogen and oxygen atoms in total. The quantitative estimate of drug-likeness (QED) is 0.514. The molecule has 0 atom stereocenters. The zero-order chi connectivity index (χ0) is 20.6. The number of likely N-dealkylation sites (tertiary alicyclic amines) is 1. The smallest absolute Gasteiger partial charge is 0.251 e. The summed E-state index contributed by atoms with van der Waals surface area (Å²) in [6.45, 7) is 10.9. The maximum Gasteiger partial charge on any atom is 0.251 e. The monoisotopic (exact) mass is 387 g/mol. The number of benzene rings is 1. The van der Waals surface area contributed by atoms with Crippen LogP contribution in [0.1, 0.15) is 56.5 Å². The van der Waals surface area contributed by atoms with Crippen LogP contribution < -0.4 is 16.0 Å². The average Bonchev–Trinajstić information content (AvgIpc) is 3.17. The molecule has 1 aliphatic rings. The molecule has 0 saturated carbocycles. The van der Waals surface area contributed by atoms with Crippen LogP contribution in [-0.2, 0) is 11.3 Å². The Balaban J connectivity index is 1.96. The highest BCUT2D eigenvalue weighted by Crippen LogP contribution is 2.09. The van der Waals surface area contributed by atoms with Crippen LogP contribution in [0.3, 0.4) is 0 Å². The van der Waals surface area contributed by atoms with Gasteiger partial charge in [-0.25, -0.2) is 4.99 Å². The van der Waals surface area contributed by atoms with E-state index in [2.05, 4.69) is 20.9 Å². The molecule has 154 valence electrons. The summed E-state index contributed by atoms with van der Waals surface area (Å²) in [4.78, 5) is 31.0. The first-order chi connectivity index (χ1) is 13.3. The fraction of sp³-hybridized carbons (Fsp3) is 0.571. The Morgan fingerprint density at radius 2 is 1.86 bits per heavy atom. The maximum atomic E-state index is 12.3. The molecule has 1 aliphatic heterocycles. The van der Waals surface area contributed by atoms with Gasteiger partial charge in [0.2, 0.25) is 5.91 Å². The number of hydrogen-bond donors (Lipinski definition) is 3. The molecule has 0 spiro atoms. The van der Waals surface area contributed by atoms with E-state index in [1.165, 1.54) is 0 Å². The van der Waals surface area contributed by atoms with E-state index in [9.17, 15) is 9.59 Å². The van der Waals surface area contributed by atoms with Crippen molar-refractivity contribution in [1.29, 1.82) is 0 Å². The van der Waals surface area contributed by atoms with Gasteiger partial charge in [-0.3, -0.25) is 9.59 Å². The number of amides is 2. The highest BCUT2D eigenvalue weighted by Gasteiger charge is 2.18. The molecular formula is C21H33N5O2. The number of carbonyl (C=O) groups excluding carboxylic acids is 2. The van der Waals surface area contributed by atoms with E-state index in [1.807, 2.05) is 50.8 Å². The van der Waals surface area contributed by atoms with Gasteiger partial charge in [0.15, 0.2) is 5.96 Å². The summed E-state index contributed by atoms with van der Waals surface area (Å²) >= 11 is 0. The Morgan fingerprint density at radius 3 is 2.50 bits per heavy atom. The Kier molecular flexibility index (Phi) is 7.84. The first-order valence-electron chi connectivity index (χ1n) is 10.00. The van der Waals surface area contributed by atoms with E-state index in [0.717, 1.165) is 31.5 Å². The molecule has 1 fully saturated rings. The van der Waals surface area contributed by atoms with Crippen molar-refractivity contribution in [2.75, 3.05) is 26.2 Å². The molecule has 0 radical (unpaired) electrons. The first-order valence-corrected chi connectivity index (χ1v) is 10.00. The molecule has 7 heteroatoms. The van der Waals surface area contributed by atoms with Crippen LogP contribution in [0.2, 0.25) is 0 Å². The van der Waals surface area contributed by atoms with Crippen LogP contribution in [0.4, 0.5) is 0 Å². The number of rotatable bonds is 6. The number of guanidine groups is 1. The van der Waals surface area contributed by atoms with Crippen molar-refractivity contribution in [2.24, 2.45) is 4.99 Å². The molecule has 2 rings (SSSR count). The van der Waals surface area contributed by atoms with Crippen molar-refractivity contribution in [3.8, 4) is 0 Å². The molecular weight excluding hydrogens is 354 g/mol. The topological polar surface area (TPSA) is 85.8 Å². The van der Waals surface area contributed by atoms with Crippen molar-refractivity contribution < 1.29 is 9.59 Å². The third kappa shape index (κ3) is 7.21. The van der Waals surface area contributed by atoms with Gasteiger partial charge in [0.1, 0.15) is 0 Å². The Morgan fingerprint density at radius 1 is 1.14 bits per heavy atom. The maximum absolute atomic E-state index is 12.3. The van der Waals surface area contributed by atoms with E-state index < -0.39 is 0 Å². The van der Waals surface area contributed by atoms with Crippen molar-refractivity contribution in [3.05, 3.63) is 35.4 Å². The van der Waals surface area contributed by atoms with Crippen molar-refractivity contribution in [2.45, 2.75) is 52.6 Å². The molecule has 1 saturated heterocycles. The minimum atomic E-state index is -0.282. The zero-order valence-corrected chi connectivity index (χ0v) is 17.5. The van der Waals surface area contributed by atoms with E-state index in [-0.39, 0.29) is 23.9 Å². The zero-order valence-electron chi connectivity index (χ0n) is 17.5. The Hall–Kier alpha value is -2.57. The van der Waals surface area contributed by atoms with Gasteiger partial charge in [0, 0.05) is 30.7 Å². The van der Waals surface area contributed by atoms with E-state index in [0.29, 0.717) is 24.6 Å². The SMILES string of the molecule is CCNC(=NCc1cccc(C(=O)NC(C)(C)C)c1)NCC(=O)N1CCCC1. The predicted octanol–water partition coefficient (Wildman–Crippen LogP) is 1.89. The van der Waals surface area contributed by atoms with Crippen LogP contribution >= 0.6 is 0 Å². The normalized spacial score (nSPS) is 14.7. The van der Waals surface area contributed by atoms with Crippen LogP contribution in [-0.4, -0.2) is 54.4 Å². The van der Waals surface area contributed by atoms with Gasteiger partial charge in [0.05, 0.1) is 13.1 Å². The highest BCUT2D eigenvalue weighted by atomic mass is 16.2. The van der Waals surface area contributed by atoms with Gasteiger partial charge in [-0.2, -0.15) is 0 Å². The lowest BCUT2D eigenvalue weighted by atomic mass is 10.1. The summed E-state index contributed by atoms with van der Waals surface area (Å²) in [5, 5.41) is 9.23. The Labute approximate surface area is 168 Å². The molecule has 0 unspecified atom stereocenters. The van der Waals surface area contributed by atoms with Gasteiger partial charge < -0.3 is 20.9 Å².